The Morgan fingerprint density at radius 1 is 0.571 bits per heavy atom. The van der Waals surface area contributed by atoms with Crippen LogP contribution >= 0.6 is 23.2 Å². The first-order valence-electron chi connectivity index (χ1n) is 19.1. The number of ether oxygens (including phenoxy) is 2. The van der Waals surface area contributed by atoms with Gasteiger partial charge in [-0.1, -0.05) is 83.9 Å². The molecule has 8 nitrogen and oxygen atoms in total. The molecule has 0 saturated heterocycles. The molecule has 0 aromatic heterocycles. The number of carbonyl (C=O) groups excluding carboxylic acids is 4. The van der Waals surface area contributed by atoms with Crippen LogP contribution in [-0.2, 0) is 41.7 Å². The van der Waals surface area contributed by atoms with E-state index in [1.54, 1.807) is 35.8 Å². The zero-order chi connectivity index (χ0) is 39.7. The minimum atomic E-state index is -0.115. The van der Waals surface area contributed by atoms with Crippen LogP contribution in [0.4, 0.5) is 11.4 Å². The molecule has 4 aromatic carbocycles. The standard InChI is InChI=1S/2C23H22ClNO3/c2*1-3-28-23(27)21-12-20(21)16-6-4-15-5-7-17-11-19(24)8-9-22(17)25(14(2)26)13-18(15)10-16/h2*4-11,20-21H,3,12-13H2,1-2H3/b2*7-5-/t20-,21+;20-,21-/m10/s1. The monoisotopic (exact) mass is 790 g/mol. The summed E-state index contributed by atoms with van der Waals surface area (Å²) in [6.45, 7) is 8.59. The number of amides is 2. The van der Waals surface area contributed by atoms with Crippen molar-refractivity contribution in [1.29, 1.82) is 0 Å². The number of benzene rings is 4. The number of anilines is 2. The van der Waals surface area contributed by atoms with E-state index >= 15 is 0 Å². The molecule has 2 aliphatic carbocycles. The first-order chi connectivity index (χ1) is 26.9. The van der Waals surface area contributed by atoms with Gasteiger partial charge in [0.15, 0.2) is 0 Å². The molecule has 0 unspecified atom stereocenters. The highest BCUT2D eigenvalue weighted by atomic mass is 35.5. The van der Waals surface area contributed by atoms with Crippen molar-refractivity contribution in [3.63, 3.8) is 0 Å². The van der Waals surface area contributed by atoms with Crippen LogP contribution in [0, 0.1) is 11.8 Å². The van der Waals surface area contributed by atoms with E-state index in [0.717, 1.165) is 68.7 Å². The Labute approximate surface area is 337 Å². The van der Waals surface area contributed by atoms with Crippen LogP contribution in [-0.4, -0.2) is 37.0 Å². The lowest BCUT2D eigenvalue weighted by molar-refractivity contribution is -0.145. The molecule has 2 saturated carbocycles. The van der Waals surface area contributed by atoms with E-state index in [9.17, 15) is 19.2 Å². The van der Waals surface area contributed by atoms with Crippen LogP contribution in [0.15, 0.2) is 72.8 Å². The number of fused-ring (bicyclic) bond motifs is 4. The molecule has 0 spiro atoms. The summed E-state index contributed by atoms with van der Waals surface area (Å²) < 4.78 is 10.3. The van der Waals surface area contributed by atoms with E-state index in [-0.39, 0.29) is 47.4 Å². The fourth-order valence-corrected chi connectivity index (χ4v) is 8.06. The third-order valence-corrected chi connectivity index (χ3v) is 11.3. The van der Waals surface area contributed by atoms with Crippen LogP contribution in [0.2, 0.25) is 10.0 Å². The summed E-state index contributed by atoms with van der Waals surface area (Å²) in [5.74, 6) is 0.0387. The van der Waals surface area contributed by atoms with Crippen molar-refractivity contribution in [2.45, 2.75) is 65.5 Å². The van der Waals surface area contributed by atoms with Crippen LogP contribution in [0.25, 0.3) is 24.3 Å². The molecular weight excluding hydrogens is 747 g/mol. The highest BCUT2D eigenvalue weighted by molar-refractivity contribution is 6.31. The third-order valence-electron chi connectivity index (χ3n) is 10.8. The molecule has 0 bridgehead atoms. The zero-order valence-corrected chi connectivity index (χ0v) is 33.4. The summed E-state index contributed by atoms with van der Waals surface area (Å²) in [6.07, 6.45) is 9.75. The minimum absolute atomic E-state index is 0.0222. The second kappa shape index (κ2) is 16.5. The number of nitrogens with zero attached hydrogens (tertiary/aromatic N) is 2. The molecule has 0 radical (unpaired) electrons. The van der Waals surface area contributed by atoms with Gasteiger partial charge >= 0.3 is 11.9 Å². The molecule has 4 aliphatic rings. The SMILES string of the molecule is CCOC(=O)[C@H]1C[C@@H]1c1ccc2c(c1)CN(C(C)=O)c1ccc(Cl)cc1/C=C\2.CCOC(=O)[C@H]1C[C@H]1c1ccc2c(c1)CN(C(C)=O)c1ccc(Cl)cc1/C=C\2. The summed E-state index contributed by atoms with van der Waals surface area (Å²) in [5, 5.41) is 1.28. The Hall–Kier alpha value is -5.18. The van der Waals surface area contributed by atoms with Crippen molar-refractivity contribution in [1.82, 2.24) is 0 Å². The molecule has 0 N–H and O–H groups in total. The largest absolute Gasteiger partial charge is 0.466 e. The number of esters is 2. The van der Waals surface area contributed by atoms with Gasteiger partial charge in [-0.25, -0.2) is 0 Å². The summed E-state index contributed by atoms with van der Waals surface area (Å²) >= 11 is 12.3. The molecule has 4 aromatic rings. The molecule has 2 fully saturated rings. The number of hydrogen-bond acceptors (Lipinski definition) is 6. The molecule has 2 heterocycles. The number of halogens is 2. The maximum Gasteiger partial charge on any atom is 0.309 e. The van der Waals surface area contributed by atoms with Gasteiger partial charge in [0.1, 0.15) is 0 Å². The Morgan fingerprint density at radius 2 is 0.964 bits per heavy atom. The summed E-state index contributed by atoms with van der Waals surface area (Å²) in [6, 6.07) is 23.7. The topological polar surface area (TPSA) is 93.2 Å². The summed E-state index contributed by atoms with van der Waals surface area (Å²) in [7, 11) is 0. The van der Waals surface area contributed by atoms with Gasteiger partial charge in [-0.3, -0.25) is 19.2 Å². The van der Waals surface area contributed by atoms with Gasteiger partial charge in [-0.2, -0.15) is 0 Å². The average Bonchev–Trinajstić information content (AvgIpc) is 4.09. The van der Waals surface area contributed by atoms with Crippen LogP contribution in [0.1, 0.15) is 96.9 Å². The predicted octanol–water partition coefficient (Wildman–Crippen LogP) is 10.1. The maximum atomic E-state index is 12.4. The molecule has 8 rings (SSSR count). The maximum absolute atomic E-state index is 12.4. The van der Waals surface area contributed by atoms with Gasteiger partial charge in [0.2, 0.25) is 11.8 Å². The molecule has 288 valence electrons. The smallest absolute Gasteiger partial charge is 0.309 e. The van der Waals surface area contributed by atoms with E-state index in [4.69, 9.17) is 32.7 Å². The van der Waals surface area contributed by atoms with Crippen molar-refractivity contribution in [3.8, 4) is 0 Å². The Bertz CT molecular complexity index is 2120. The van der Waals surface area contributed by atoms with Gasteiger partial charge in [0.25, 0.3) is 0 Å². The molecular formula is C46H44Cl2N2O6. The molecule has 2 amide bonds. The van der Waals surface area contributed by atoms with Crippen molar-refractivity contribution in [2.75, 3.05) is 23.0 Å². The van der Waals surface area contributed by atoms with Gasteiger partial charge in [-0.15, -0.1) is 0 Å². The number of rotatable bonds is 6. The summed E-state index contributed by atoms with van der Waals surface area (Å²) in [5.41, 5.74) is 10.1. The Morgan fingerprint density at radius 3 is 1.34 bits per heavy atom. The zero-order valence-electron chi connectivity index (χ0n) is 31.9. The molecule has 56 heavy (non-hydrogen) atoms. The van der Waals surface area contributed by atoms with Gasteiger partial charge < -0.3 is 19.3 Å². The van der Waals surface area contributed by atoms with Crippen molar-refractivity contribution < 1.29 is 28.7 Å². The Kier molecular flexibility index (Phi) is 11.5. The van der Waals surface area contributed by atoms with Gasteiger partial charge in [-0.05, 0) is 119 Å². The van der Waals surface area contributed by atoms with Crippen LogP contribution < -0.4 is 9.80 Å². The second-order valence-corrected chi connectivity index (χ2v) is 15.5. The van der Waals surface area contributed by atoms with Crippen molar-refractivity contribution in [3.05, 3.63) is 127 Å². The number of carbonyl (C=O) groups is 4. The van der Waals surface area contributed by atoms with Crippen LogP contribution in [0.3, 0.4) is 0 Å². The Balaban J connectivity index is 0.000000172. The second-order valence-electron chi connectivity index (χ2n) is 14.6. The quantitative estimate of drug-likeness (QED) is 0.181. The predicted molar refractivity (Wildman–Crippen MR) is 222 cm³/mol. The highest BCUT2D eigenvalue weighted by Gasteiger charge is 2.46. The van der Waals surface area contributed by atoms with Crippen molar-refractivity contribution >= 4 is 82.6 Å². The van der Waals surface area contributed by atoms with E-state index in [1.165, 1.54) is 0 Å². The lowest BCUT2D eigenvalue weighted by atomic mass is 9.97. The van der Waals surface area contributed by atoms with Crippen LogP contribution in [0.5, 0.6) is 0 Å². The van der Waals surface area contributed by atoms with E-state index < -0.39 is 0 Å². The molecule has 10 heteroatoms. The first kappa shape index (κ1) is 39.1. The third kappa shape index (κ3) is 8.47. The lowest BCUT2D eigenvalue weighted by Gasteiger charge is -2.26. The van der Waals surface area contributed by atoms with E-state index in [2.05, 4.69) is 48.6 Å². The lowest BCUT2D eigenvalue weighted by Crippen LogP contribution is -2.29. The molecule has 2 aliphatic heterocycles. The fourth-order valence-electron chi connectivity index (χ4n) is 7.70. The van der Waals surface area contributed by atoms with Gasteiger partial charge in [0.05, 0.1) is 49.5 Å². The van der Waals surface area contributed by atoms with E-state index in [1.807, 2.05) is 50.3 Å². The fraction of sp³-hybridized carbons (Fsp3) is 0.304. The average molecular weight is 792 g/mol. The van der Waals surface area contributed by atoms with E-state index in [0.29, 0.717) is 36.3 Å². The number of hydrogen-bond donors (Lipinski definition) is 0. The minimum Gasteiger partial charge on any atom is -0.466 e. The normalized spacial score (nSPS) is 21.0. The molecule has 4 atom stereocenters. The summed E-state index contributed by atoms with van der Waals surface area (Å²) in [4.78, 5) is 52.3. The van der Waals surface area contributed by atoms with Crippen molar-refractivity contribution in [2.24, 2.45) is 11.8 Å². The first-order valence-corrected chi connectivity index (χ1v) is 19.8. The van der Waals surface area contributed by atoms with Gasteiger partial charge in [0, 0.05) is 23.9 Å². The highest BCUT2D eigenvalue weighted by Crippen LogP contribution is 2.50.